The van der Waals surface area contributed by atoms with Crippen molar-refractivity contribution in [3.8, 4) is 0 Å². The first-order valence-electron chi connectivity index (χ1n) is 5.82. The molecule has 6 nitrogen and oxygen atoms in total. The molecule has 0 aromatic carbocycles. The average Bonchev–Trinajstić information content (AvgIpc) is 2.96. The molecule has 0 amide bonds. The molecule has 7 heteroatoms. The molecule has 0 bridgehead atoms. The van der Waals surface area contributed by atoms with Crippen molar-refractivity contribution in [1.29, 1.82) is 0 Å². The maximum Gasteiger partial charge on any atom is 0.233 e. The first-order chi connectivity index (χ1) is 8.57. The van der Waals surface area contributed by atoms with Gasteiger partial charge >= 0.3 is 0 Å². The molecule has 2 aromatic rings. The lowest BCUT2D eigenvalue weighted by Gasteiger charge is -2.22. The summed E-state index contributed by atoms with van der Waals surface area (Å²) in [7, 11) is -3.17. The van der Waals surface area contributed by atoms with E-state index in [1.165, 1.54) is 6.26 Å². The summed E-state index contributed by atoms with van der Waals surface area (Å²) >= 11 is 0. The normalized spacial score (nSPS) is 21.7. The number of aromatic nitrogens is 3. The van der Waals surface area contributed by atoms with Gasteiger partial charge in [0.15, 0.2) is 0 Å². The third-order valence-corrected chi connectivity index (χ3v) is 4.59. The lowest BCUT2D eigenvalue weighted by Crippen LogP contribution is -2.30. The largest absolute Gasteiger partial charge is 0.287 e. The highest BCUT2D eigenvalue weighted by molar-refractivity contribution is 7.88. The monoisotopic (exact) mass is 266 g/mol. The molecule has 0 unspecified atom stereocenters. The fraction of sp³-hybridized carbons (Fsp3) is 0.455. The molecule has 0 radical (unpaired) electrons. The van der Waals surface area contributed by atoms with Crippen LogP contribution < -0.4 is 0 Å². The van der Waals surface area contributed by atoms with E-state index >= 15 is 0 Å². The lowest BCUT2D eigenvalue weighted by atomic mass is 10.1. The van der Waals surface area contributed by atoms with Crippen molar-refractivity contribution in [2.45, 2.75) is 18.9 Å². The molecule has 0 aliphatic carbocycles. The Morgan fingerprint density at radius 2 is 2.11 bits per heavy atom. The summed E-state index contributed by atoms with van der Waals surface area (Å²) in [5, 5.41) is 0. The number of imidazole rings is 1. The van der Waals surface area contributed by atoms with E-state index in [9.17, 15) is 8.42 Å². The van der Waals surface area contributed by atoms with E-state index in [1.807, 2.05) is 16.7 Å². The second-order valence-corrected chi connectivity index (χ2v) is 6.43. The molecule has 1 atom stereocenters. The topological polar surface area (TPSA) is 67.6 Å². The van der Waals surface area contributed by atoms with E-state index in [2.05, 4.69) is 9.97 Å². The molecule has 0 spiro atoms. The number of rotatable bonds is 2. The smallest absolute Gasteiger partial charge is 0.233 e. The summed E-state index contributed by atoms with van der Waals surface area (Å²) < 4.78 is 27.0. The number of hydrogen-bond acceptors (Lipinski definition) is 4. The Hall–Kier alpha value is -1.47. The summed E-state index contributed by atoms with van der Waals surface area (Å²) in [5.74, 6) is 0.604. The molecule has 1 aliphatic rings. The predicted molar refractivity (Wildman–Crippen MR) is 66.5 cm³/mol. The Balaban J connectivity index is 2.12. The molecular weight excluding hydrogens is 252 g/mol. The zero-order valence-electron chi connectivity index (χ0n) is 10.0. The molecule has 2 aromatic heterocycles. The number of nitrogens with zero attached hydrogens (tertiary/aromatic N) is 4. The highest BCUT2D eigenvalue weighted by atomic mass is 32.2. The van der Waals surface area contributed by atoms with Crippen LogP contribution in [0.1, 0.15) is 24.6 Å². The molecule has 0 saturated carbocycles. The second-order valence-electron chi connectivity index (χ2n) is 4.50. The van der Waals surface area contributed by atoms with Crippen molar-refractivity contribution in [2.24, 2.45) is 0 Å². The van der Waals surface area contributed by atoms with Crippen molar-refractivity contribution in [1.82, 2.24) is 18.7 Å². The summed E-state index contributed by atoms with van der Waals surface area (Å²) in [6, 6.07) is 1.75. The Kier molecular flexibility index (Phi) is 2.60. The standard InChI is InChI=1S/C11H14N4O2S/c1-18(16,17)15-7-2-3-10(15)9-4-5-12-11-13-6-8-14(9)11/h4-6,8,10H,2-3,7H2,1H3/t10-/m1/s1. The maximum atomic E-state index is 11.8. The van der Waals surface area contributed by atoms with Gasteiger partial charge in [0, 0.05) is 30.8 Å². The van der Waals surface area contributed by atoms with Crippen LogP contribution in [0.2, 0.25) is 0 Å². The van der Waals surface area contributed by atoms with Crippen LogP contribution >= 0.6 is 0 Å². The Bertz CT molecular complexity index is 679. The van der Waals surface area contributed by atoms with E-state index in [-0.39, 0.29) is 6.04 Å². The quantitative estimate of drug-likeness (QED) is 0.807. The van der Waals surface area contributed by atoms with Crippen LogP contribution in [-0.4, -0.2) is 39.9 Å². The summed E-state index contributed by atoms with van der Waals surface area (Å²) in [5.41, 5.74) is 0.931. The number of fused-ring (bicyclic) bond motifs is 1. The van der Waals surface area contributed by atoms with Gasteiger partial charge in [-0.2, -0.15) is 4.31 Å². The third kappa shape index (κ3) is 1.79. The molecule has 1 fully saturated rings. The minimum absolute atomic E-state index is 0.111. The van der Waals surface area contributed by atoms with Crippen molar-refractivity contribution in [2.75, 3.05) is 12.8 Å². The van der Waals surface area contributed by atoms with Gasteiger partial charge in [0.1, 0.15) is 0 Å². The number of hydrogen-bond donors (Lipinski definition) is 0. The number of sulfonamides is 1. The Labute approximate surface area is 105 Å². The highest BCUT2D eigenvalue weighted by Gasteiger charge is 2.33. The van der Waals surface area contributed by atoms with Crippen LogP contribution in [0.25, 0.3) is 5.78 Å². The molecule has 0 N–H and O–H groups in total. The van der Waals surface area contributed by atoms with Gasteiger partial charge < -0.3 is 0 Å². The van der Waals surface area contributed by atoms with Crippen LogP contribution in [0.15, 0.2) is 24.7 Å². The minimum atomic E-state index is -3.17. The van der Waals surface area contributed by atoms with Gasteiger partial charge in [-0.3, -0.25) is 4.40 Å². The summed E-state index contributed by atoms with van der Waals surface area (Å²) in [6.07, 6.45) is 8.15. The van der Waals surface area contributed by atoms with Gasteiger partial charge in [0.05, 0.1) is 12.3 Å². The van der Waals surface area contributed by atoms with Crippen molar-refractivity contribution in [3.63, 3.8) is 0 Å². The maximum absolute atomic E-state index is 11.8. The summed E-state index contributed by atoms with van der Waals surface area (Å²) in [4.78, 5) is 8.27. The minimum Gasteiger partial charge on any atom is -0.287 e. The zero-order valence-corrected chi connectivity index (χ0v) is 10.8. The SMILES string of the molecule is CS(=O)(=O)N1CCC[C@@H]1c1ccnc2nccn12. The van der Waals surface area contributed by atoms with Crippen molar-refractivity contribution >= 4 is 15.8 Å². The van der Waals surface area contributed by atoms with Crippen LogP contribution in [0.4, 0.5) is 0 Å². The van der Waals surface area contributed by atoms with E-state index in [0.717, 1.165) is 18.5 Å². The Morgan fingerprint density at radius 1 is 1.33 bits per heavy atom. The van der Waals surface area contributed by atoms with Crippen molar-refractivity contribution in [3.05, 3.63) is 30.4 Å². The van der Waals surface area contributed by atoms with Gasteiger partial charge in [0.25, 0.3) is 0 Å². The molecule has 96 valence electrons. The molecule has 3 rings (SSSR count). The van der Waals surface area contributed by atoms with E-state index in [0.29, 0.717) is 12.3 Å². The third-order valence-electron chi connectivity index (χ3n) is 3.31. The van der Waals surface area contributed by atoms with Crippen LogP contribution in [0.3, 0.4) is 0 Å². The van der Waals surface area contributed by atoms with Gasteiger partial charge in [0.2, 0.25) is 15.8 Å². The van der Waals surface area contributed by atoms with Crippen LogP contribution in [-0.2, 0) is 10.0 Å². The fourth-order valence-electron chi connectivity index (χ4n) is 2.56. The molecule has 3 heterocycles. The summed E-state index contributed by atoms with van der Waals surface area (Å²) in [6.45, 7) is 0.585. The van der Waals surface area contributed by atoms with Crippen molar-refractivity contribution < 1.29 is 8.42 Å². The van der Waals surface area contributed by atoms with Crippen LogP contribution in [0.5, 0.6) is 0 Å². The van der Waals surface area contributed by atoms with Gasteiger partial charge in [-0.05, 0) is 18.9 Å². The van der Waals surface area contributed by atoms with Crippen LogP contribution in [0, 0.1) is 0 Å². The van der Waals surface area contributed by atoms with E-state index < -0.39 is 10.0 Å². The fourth-order valence-corrected chi connectivity index (χ4v) is 3.69. The predicted octanol–water partition coefficient (Wildman–Crippen LogP) is 0.826. The van der Waals surface area contributed by atoms with Gasteiger partial charge in [-0.25, -0.2) is 18.4 Å². The first kappa shape index (κ1) is 11.6. The lowest BCUT2D eigenvalue weighted by molar-refractivity contribution is 0.391. The molecule has 1 aliphatic heterocycles. The molecule has 1 saturated heterocycles. The van der Waals surface area contributed by atoms with E-state index in [1.54, 1.807) is 16.7 Å². The van der Waals surface area contributed by atoms with Gasteiger partial charge in [-0.15, -0.1) is 0 Å². The Morgan fingerprint density at radius 3 is 2.89 bits per heavy atom. The first-order valence-corrected chi connectivity index (χ1v) is 7.67. The van der Waals surface area contributed by atoms with Gasteiger partial charge in [-0.1, -0.05) is 0 Å². The van der Waals surface area contributed by atoms with E-state index in [4.69, 9.17) is 0 Å². The average molecular weight is 266 g/mol. The highest BCUT2D eigenvalue weighted by Crippen LogP contribution is 2.33. The second kappa shape index (κ2) is 4.03. The zero-order chi connectivity index (χ0) is 12.8. The molecule has 18 heavy (non-hydrogen) atoms. The molecular formula is C11H14N4O2S.